The minimum absolute atomic E-state index is 0.0596. The fraction of sp³-hybridized carbons (Fsp3) is 0.167. The largest absolute Gasteiger partial charge is 0.398 e. The zero-order valence-corrected chi connectivity index (χ0v) is 13.0. The molecule has 0 aliphatic heterocycles. The third-order valence-corrected chi connectivity index (χ3v) is 4.14. The lowest BCUT2D eigenvalue weighted by atomic mass is 9.99. The Hall–Kier alpha value is -3.15. The molecule has 1 aromatic heterocycles. The van der Waals surface area contributed by atoms with E-state index in [0.29, 0.717) is 17.3 Å². The number of carbonyl (C=O) groups is 1. The lowest BCUT2D eigenvalue weighted by molar-refractivity contribution is 0.0951. The number of carbonyl (C=O) groups excluding carboxylic acids is 1. The zero-order valence-electron chi connectivity index (χ0n) is 13.0. The van der Waals surface area contributed by atoms with Gasteiger partial charge >= 0.3 is 0 Å². The normalized spacial score (nSPS) is 13.8. The summed E-state index contributed by atoms with van der Waals surface area (Å²) in [6.07, 6.45) is 3.80. The van der Waals surface area contributed by atoms with Crippen molar-refractivity contribution in [3.63, 3.8) is 0 Å². The number of hydrogen-bond donors (Lipinski definition) is 3. The third-order valence-electron chi connectivity index (χ3n) is 4.14. The number of nitrogens with one attached hydrogen (secondary N) is 1. The van der Waals surface area contributed by atoms with Crippen molar-refractivity contribution < 1.29 is 4.79 Å². The maximum absolute atomic E-state index is 12.3. The van der Waals surface area contributed by atoms with Crippen molar-refractivity contribution in [2.24, 2.45) is 0 Å². The molecule has 0 saturated heterocycles. The first-order valence-corrected chi connectivity index (χ1v) is 7.83. The third kappa shape index (κ3) is 2.74. The Kier molecular flexibility index (Phi) is 3.30. The van der Waals surface area contributed by atoms with Gasteiger partial charge in [0, 0.05) is 34.4 Å². The van der Waals surface area contributed by atoms with E-state index in [9.17, 15) is 4.79 Å². The molecule has 4 rings (SSSR count). The van der Waals surface area contributed by atoms with Crippen LogP contribution < -0.4 is 16.8 Å². The van der Waals surface area contributed by atoms with Crippen LogP contribution in [0.25, 0.3) is 22.0 Å². The number of fused-ring (bicyclic) bond motifs is 1. The summed E-state index contributed by atoms with van der Waals surface area (Å²) in [6, 6.07) is 11.4. The molecule has 0 spiro atoms. The second kappa shape index (κ2) is 5.49. The fourth-order valence-electron chi connectivity index (χ4n) is 2.66. The topological polar surface area (TPSA) is 107 Å². The average Bonchev–Trinajstić information content (AvgIpc) is 3.38. The van der Waals surface area contributed by atoms with Crippen molar-refractivity contribution in [2.75, 3.05) is 11.5 Å². The number of hydrogen-bond acceptors (Lipinski definition) is 5. The SMILES string of the molecule is Nc1ncc2cc(-c3cc(C(=O)NC4CC4)ccc3N)ccc2n1. The van der Waals surface area contributed by atoms with Crippen LogP contribution in [0.15, 0.2) is 42.6 Å². The van der Waals surface area contributed by atoms with E-state index in [4.69, 9.17) is 11.5 Å². The van der Waals surface area contributed by atoms with Gasteiger partial charge in [-0.2, -0.15) is 0 Å². The molecule has 0 unspecified atom stereocenters. The monoisotopic (exact) mass is 319 g/mol. The lowest BCUT2D eigenvalue weighted by Crippen LogP contribution is -2.25. The van der Waals surface area contributed by atoms with Crippen molar-refractivity contribution in [3.8, 4) is 11.1 Å². The second-order valence-electron chi connectivity index (χ2n) is 6.05. The van der Waals surface area contributed by atoms with Crippen molar-refractivity contribution in [3.05, 3.63) is 48.2 Å². The molecule has 24 heavy (non-hydrogen) atoms. The van der Waals surface area contributed by atoms with Crippen LogP contribution in [-0.2, 0) is 0 Å². The lowest BCUT2D eigenvalue weighted by Gasteiger charge is -2.10. The molecule has 3 aromatic rings. The molecular formula is C18H17N5O. The molecule has 0 atom stereocenters. The highest BCUT2D eigenvalue weighted by Gasteiger charge is 2.24. The van der Waals surface area contributed by atoms with Crippen LogP contribution >= 0.6 is 0 Å². The second-order valence-corrected chi connectivity index (χ2v) is 6.05. The predicted octanol–water partition coefficient (Wildman–Crippen LogP) is 2.35. The van der Waals surface area contributed by atoms with Gasteiger partial charge in [-0.3, -0.25) is 4.79 Å². The summed E-state index contributed by atoms with van der Waals surface area (Å²) in [7, 11) is 0. The highest BCUT2D eigenvalue weighted by molar-refractivity contribution is 5.97. The van der Waals surface area contributed by atoms with Crippen LogP contribution in [0.1, 0.15) is 23.2 Å². The number of nitrogens with two attached hydrogens (primary N) is 2. The van der Waals surface area contributed by atoms with Crippen LogP contribution in [0.2, 0.25) is 0 Å². The minimum Gasteiger partial charge on any atom is -0.398 e. The average molecular weight is 319 g/mol. The van der Waals surface area contributed by atoms with Crippen LogP contribution in [-0.4, -0.2) is 21.9 Å². The Morgan fingerprint density at radius 3 is 2.75 bits per heavy atom. The molecule has 0 radical (unpaired) electrons. The summed E-state index contributed by atoms with van der Waals surface area (Å²) in [5.41, 5.74) is 15.5. The Morgan fingerprint density at radius 1 is 1.12 bits per heavy atom. The number of amides is 1. The summed E-state index contributed by atoms with van der Waals surface area (Å²) < 4.78 is 0. The van der Waals surface area contributed by atoms with E-state index < -0.39 is 0 Å². The number of anilines is 2. The maximum Gasteiger partial charge on any atom is 0.251 e. The fourth-order valence-corrected chi connectivity index (χ4v) is 2.66. The van der Waals surface area contributed by atoms with Crippen molar-refractivity contribution in [1.29, 1.82) is 0 Å². The van der Waals surface area contributed by atoms with Crippen molar-refractivity contribution >= 4 is 28.4 Å². The van der Waals surface area contributed by atoms with E-state index in [1.165, 1.54) is 0 Å². The van der Waals surface area contributed by atoms with Gasteiger partial charge in [0.2, 0.25) is 5.95 Å². The summed E-state index contributed by atoms with van der Waals surface area (Å²) >= 11 is 0. The molecule has 1 aliphatic carbocycles. The highest BCUT2D eigenvalue weighted by atomic mass is 16.1. The van der Waals surface area contributed by atoms with Crippen molar-refractivity contribution in [2.45, 2.75) is 18.9 Å². The number of rotatable bonds is 3. The molecule has 1 heterocycles. The van der Waals surface area contributed by atoms with Gasteiger partial charge in [0.15, 0.2) is 0 Å². The zero-order chi connectivity index (χ0) is 16.7. The molecule has 1 aliphatic rings. The van der Waals surface area contributed by atoms with Gasteiger partial charge < -0.3 is 16.8 Å². The molecule has 1 fully saturated rings. The Labute approximate surface area is 138 Å². The number of benzene rings is 2. The quantitative estimate of drug-likeness (QED) is 0.642. The van der Waals surface area contributed by atoms with Crippen LogP contribution in [0.4, 0.5) is 11.6 Å². The summed E-state index contributed by atoms with van der Waals surface area (Å²) in [5, 5.41) is 3.86. The predicted molar refractivity (Wildman–Crippen MR) is 94.3 cm³/mol. The van der Waals surface area contributed by atoms with E-state index in [2.05, 4.69) is 15.3 Å². The first-order chi connectivity index (χ1) is 11.6. The Balaban J connectivity index is 1.74. The molecule has 120 valence electrons. The van der Waals surface area contributed by atoms with E-state index in [-0.39, 0.29) is 11.9 Å². The number of aromatic nitrogens is 2. The van der Waals surface area contributed by atoms with E-state index in [1.807, 2.05) is 24.3 Å². The Bertz CT molecular complexity index is 949. The highest BCUT2D eigenvalue weighted by Crippen LogP contribution is 2.30. The standard InChI is InChI=1S/C18H17N5O/c19-15-5-1-11(17(24)22-13-3-4-13)8-14(15)10-2-6-16-12(7-10)9-21-18(20)23-16/h1-2,5-9,13H,3-4,19H2,(H,22,24)(H2,20,21,23). The molecular weight excluding hydrogens is 302 g/mol. The molecule has 1 amide bonds. The molecule has 1 saturated carbocycles. The maximum atomic E-state index is 12.3. The van der Waals surface area contributed by atoms with Gasteiger partial charge in [-0.05, 0) is 48.7 Å². The number of nitrogens with zero attached hydrogens (tertiary/aromatic N) is 2. The first-order valence-electron chi connectivity index (χ1n) is 7.83. The van der Waals surface area contributed by atoms with Gasteiger partial charge in [0.1, 0.15) is 0 Å². The smallest absolute Gasteiger partial charge is 0.251 e. The van der Waals surface area contributed by atoms with Gasteiger partial charge in [0.05, 0.1) is 5.52 Å². The van der Waals surface area contributed by atoms with E-state index in [1.54, 1.807) is 18.3 Å². The molecule has 0 bridgehead atoms. The van der Waals surface area contributed by atoms with Crippen LogP contribution in [0, 0.1) is 0 Å². The van der Waals surface area contributed by atoms with Crippen LogP contribution in [0.5, 0.6) is 0 Å². The van der Waals surface area contributed by atoms with Crippen LogP contribution in [0.3, 0.4) is 0 Å². The molecule has 2 aromatic carbocycles. The summed E-state index contributed by atoms with van der Waals surface area (Å²) in [4.78, 5) is 20.5. The van der Waals surface area contributed by atoms with E-state index >= 15 is 0 Å². The van der Waals surface area contributed by atoms with Gasteiger partial charge in [-0.1, -0.05) is 6.07 Å². The molecule has 6 heteroatoms. The van der Waals surface area contributed by atoms with Crippen molar-refractivity contribution in [1.82, 2.24) is 15.3 Å². The molecule has 6 nitrogen and oxygen atoms in total. The first kappa shape index (κ1) is 14.4. The minimum atomic E-state index is -0.0596. The molecule has 5 N–H and O–H groups in total. The van der Waals surface area contributed by atoms with Gasteiger partial charge in [0.25, 0.3) is 5.91 Å². The van der Waals surface area contributed by atoms with Gasteiger partial charge in [-0.25, -0.2) is 9.97 Å². The van der Waals surface area contributed by atoms with E-state index in [0.717, 1.165) is 34.9 Å². The summed E-state index contributed by atoms with van der Waals surface area (Å²) in [6.45, 7) is 0. The summed E-state index contributed by atoms with van der Waals surface area (Å²) in [5.74, 6) is 0.184. The van der Waals surface area contributed by atoms with Gasteiger partial charge in [-0.15, -0.1) is 0 Å². The Morgan fingerprint density at radius 2 is 1.96 bits per heavy atom. The number of nitrogen functional groups attached to an aromatic ring is 2.